The Morgan fingerprint density at radius 3 is 2.21 bits per heavy atom. The van der Waals surface area contributed by atoms with Gasteiger partial charge in [0, 0.05) is 6.08 Å². The smallest absolute Gasteiger partial charge is 0.376 e. The molecular formula is C9H8O5. The van der Waals surface area contributed by atoms with Gasteiger partial charge in [0.15, 0.2) is 0 Å². The molecule has 0 aliphatic carbocycles. The molecule has 14 heavy (non-hydrogen) atoms. The average molecular weight is 196 g/mol. The molecule has 0 fully saturated rings. The standard InChI is InChI=1S/C9H8O5/c10-4-1-2-7(3-5-11)6-8(12)9(13)14/h1-6,11H,(H,13,14)/b2-1+,5-3-,7-6+. The fourth-order valence-corrected chi connectivity index (χ4v) is 0.601. The van der Waals surface area contributed by atoms with E-state index in [2.05, 4.69) is 0 Å². The number of allylic oxidation sites excluding steroid dienone is 4. The van der Waals surface area contributed by atoms with Crippen LogP contribution in [-0.4, -0.2) is 28.3 Å². The van der Waals surface area contributed by atoms with Gasteiger partial charge in [-0.2, -0.15) is 0 Å². The van der Waals surface area contributed by atoms with Crippen molar-refractivity contribution in [3.05, 3.63) is 36.1 Å². The lowest BCUT2D eigenvalue weighted by atomic mass is 10.2. The Morgan fingerprint density at radius 1 is 1.14 bits per heavy atom. The summed E-state index contributed by atoms with van der Waals surface area (Å²) in [7, 11) is 0. The fraction of sp³-hybridized carbons (Fsp3) is 0. The summed E-state index contributed by atoms with van der Waals surface area (Å²) in [6, 6.07) is 0. The molecule has 74 valence electrons. The molecule has 0 heterocycles. The maximum absolute atomic E-state index is 10.7. The van der Waals surface area contributed by atoms with E-state index in [1.165, 1.54) is 6.08 Å². The maximum Gasteiger partial charge on any atom is 0.376 e. The molecule has 0 saturated carbocycles. The first-order valence-electron chi connectivity index (χ1n) is 3.53. The van der Waals surface area contributed by atoms with Crippen molar-refractivity contribution in [1.29, 1.82) is 0 Å². The molecule has 0 radical (unpaired) electrons. The summed E-state index contributed by atoms with van der Waals surface area (Å²) >= 11 is 0. The number of carbonyl (C=O) groups is 3. The van der Waals surface area contributed by atoms with Crippen LogP contribution in [0.1, 0.15) is 0 Å². The van der Waals surface area contributed by atoms with Gasteiger partial charge in [-0.25, -0.2) is 4.79 Å². The Hall–Kier alpha value is -2.17. The number of rotatable bonds is 5. The number of aliphatic carboxylic acids is 1. The van der Waals surface area contributed by atoms with Crippen LogP contribution < -0.4 is 0 Å². The molecule has 0 bridgehead atoms. The van der Waals surface area contributed by atoms with Crippen molar-refractivity contribution >= 4 is 18.0 Å². The summed E-state index contributed by atoms with van der Waals surface area (Å²) in [6.07, 6.45) is 5.23. The number of carbonyl (C=O) groups excluding carboxylic acids is 2. The monoisotopic (exact) mass is 196 g/mol. The zero-order valence-electron chi connectivity index (χ0n) is 7.08. The van der Waals surface area contributed by atoms with Crippen molar-refractivity contribution in [2.24, 2.45) is 0 Å². The summed E-state index contributed by atoms with van der Waals surface area (Å²) in [5, 5.41) is 16.6. The molecule has 5 heteroatoms. The molecule has 0 aromatic carbocycles. The van der Waals surface area contributed by atoms with Gasteiger partial charge in [0.1, 0.15) is 6.29 Å². The van der Waals surface area contributed by atoms with E-state index in [9.17, 15) is 14.4 Å². The van der Waals surface area contributed by atoms with Crippen molar-refractivity contribution in [2.75, 3.05) is 0 Å². The first-order chi connectivity index (χ1) is 6.61. The molecule has 0 spiro atoms. The summed E-state index contributed by atoms with van der Waals surface area (Å²) in [4.78, 5) is 30.7. The van der Waals surface area contributed by atoms with Crippen LogP contribution >= 0.6 is 0 Å². The summed E-state index contributed by atoms with van der Waals surface area (Å²) in [5.74, 6) is -2.73. The average Bonchev–Trinajstić information content (AvgIpc) is 2.14. The predicted octanol–water partition coefficient (Wildman–Crippen LogP) is 0.393. The SMILES string of the molecule is O=C/C=C/C(/C=C\O)=C\C(=O)C(=O)O. The molecule has 0 aromatic heterocycles. The Bertz CT molecular complexity index is 322. The summed E-state index contributed by atoms with van der Waals surface area (Å²) < 4.78 is 0. The topological polar surface area (TPSA) is 91.7 Å². The minimum atomic E-state index is -1.60. The second kappa shape index (κ2) is 6.36. The van der Waals surface area contributed by atoms with E-state index in [-0.39, 0.29) is 5.57 Å². The fourth-order valence-electron chi connectivity index (χ4n) is 0.601. The molecular weight excluding hydrogens is 188 g/mol. The number of hydrogen-bond donors (Lipinski definition) is 2. The molecule has 2 N–H and O–H groups in total. The number of aldehydes is 1. The second-order valence-electron chi connectivity index (χ2n) is 2.12. The van der Waals surface area contributed by atoms with Crippen LogP contribution in [0, 0.1) is 0 Å². The largest absolute Gasteiger partial charge is 0.516 e. The normalized spacial score (nSPS) is 12.1. The van der Waals surface area contributed by atoms with E-state index in [1.54, 1.807) is 0 Å². The highest BCUT2D eigenvalue weighted by Crippen LogP contribution is 1.99. The molecule has 0 aliphatic rings. The molecule has 0 unspecified atom stereocenters. The highest BCUT2D eigenvalue weighted by atomic mass is 16.4. The highest BCUT2D eigenvalue weighted by molar-refractivity contribution is 6.37. The van der Waals surface area contributed by atoms with Crippen LogP contribution in [0.4, 0.5) is 0 Å². The van der Waals surface area contributed by atoms with E-state index in [0.717, 1.165) is 18.2 Å². The molecule has 0 atom stereocenters. The number of aliphatic hydroxyl groups excluding tert-OH is 1. The van der Waals surface area contributed by atoms with Gasteiger partial charge >= 0.3 is 5.97 Å². The van der Waals surface area contributed by atoms with Crippen molar-refractivity contribution < 1.29 is 24.6 Å². The van der Waals surface area contributed by atoms with Crippen molar-refractivity contribution in [2.45, 2.75) is 0 Å². The number of carboxylic acid groups (broad SMARTS) is 1. The minimum Gasteiger partial charge on any atom is -0.516 e. The van der Waals surface area contributed by atoms with E-state index >= 15 is 0 Å². The van der Waals surface area contributed by atoms with Gasteiger partial charge in [0.2, 0.25) is 0 Å². The van der Waals surface area contributed by atoms with E-state index < -0.39 is 11.8 Å². The lowest BCUT2D eigenvalue weighted by Gasteiger charge is -1.90. The van der Waals surface area contributed by atoms with Crippen LogP contribution in [0.25, 0.3) is 0 Å². The van der Waals surface area contributed by atoms with Gasteiger partial charge in [-0.3, -0.25) is 9.59 Å². The number of aliphatic hydroxyl groups is 1. The lowest BCUT2D eigenvalue weighted by Crippen LogP contribution is -2.09. The van der Waals surface area contributed by atoms with Gasteiger partial charge in [-0.05, 0) is 17.7 Å². The third-order valence-electron chi connectivity index (χ3n) is 1.14. The van der Waals surface area contributed by atoms with Crippen molar-refractivity contribution in [3.63, 3.8) is 0 Å². The Morgan fingerprint density at radius 2 is 1.79 bits per heavy atom. The zero-order valence-corrected chi connectivity index (χ0v) is 7.08. The van der Waals surface area contributed by atoms with Crippen LogP contribution in [0.5, 0.6) is 0 Å². The molecule has 0 amide bonds. The minimum absolute atomic E-state index is 0.118. The van der Waals surface area contributed by atoms with E-state index in [4.69, 9.17) is 10.2 Å². The third-order valence-corrected chi connectivity index (χ3v) is 1.14. The molecule has 5 nitrogen and oxygen atoms in total. The lowest BCUT2D eigenvalue weighted by molar-refractivity contribution is -0.146. The molecule has 0 saturated heterocycles. The van der Waals surface area contributed by atoms with E-state index in [0.29, 0.717) is 12.5 Å². The van der Waals surface area contributed by atoms with Crippen LogP contribution in [0.2, 0.25) is 0 Å². The molecule has 0 aliphatic heterocycles. The van der Waals surface area contributed by atoms with Crippen LogP contribution in [-0.2, 0) is 14.4 Å². The van der Waals surface area contributed by atoms with Crippen molar-refractivity contribution in [3.8, 4) is 0 Å². The first-order valence-corrected chi connectivity index (χ1v) is 3.53. The van der Waals surface area contributed by atoms with Crippen LogP contribution in [0.15, 0.2) is 36.1 Å². The Balaban J connectivity index is 4.80. The van der Waals surface area contributed by atoms with Crippen molar-refractivity contribution in [1.82, 2.24) is 0 Å². The second-order valence-corrected chi connectivity index (χ2v) is 2.12. The summed E-state index contributed by atoms with van der Waals surface area (Å²) in [6.45, 7) is 0. The summed E-state index contributed by atoms with van der Waals surface area (Å²) in [5.41, 5.74) is 0.118. The number of hydrogen-bond acceptors (Lipinski definition) is 4. The Kier molecular flexibility index (Phi) is 5.37. The zero-order chi connectivity index (χ0) is 11.0. The number of ketones is 1. The van der Waals surface area contributed by atoms with Crippen LogP contribution in [0.3, 0.4) is 0 Å². The third kappa shape index (κ3) is 4.66. The maximum atomic E-state index is 10.7. The predicted molar refractivity (Wildman–Crippen MR) is 47.7 cm³/mol. The van der Waals surface area contributed by atoms with Gasteiger partial charge in [-0.15, -0.1) is 0 Å². The molecule has 0 aromatic rings. The highest BCUT2D eigenvalue weighted by Gasteiger charge is 2.07. The van der Waals surface area contributed by atoms with Gasteiger partial charge in [-0.1, -0.05) is 6.08 Å². The molecule has 0 rings (SSSR count). The number of carboxylic acids is 1. The van der Waals surface area contributed by atoms with Gasteiger partial charge in [0.25, 0.3) is 5.78 Å². The Labute approximate surface area is 79.7 Å². The first kappa shape index (κ1) is 11.8. The quantitative estimate of drug-likeness (QED) is 0.218. The van der Waals surface area contributed by atoms with Gasteiger partial charge in [0.05, 0.1) is 6.26 Å². The van der Waals surface area contributed by atoms with Gasteiger partial charge < -0.3 is 10.2 Å². The van der Waals surface area contributed by atoms with E-state index in [1.807, 2.05) is 0 Å².